The fourth-order valence-corrected chi connectivity index (χ4v) is 4.01. The molecule has 106 valence electrons. The molecule has 0 spiro atoms. The number of hydrogen-bond acceptors (Lipinski definition) is 3. The van der Waals surface area contributed by atoms with Crippen LogP contribution in [0.3, 0.4) is 0 Å². The molecular formula is C13H25ClN2OS. The quantitative estimate of drug-likeness (QED) is 0.807. The van der Waals surface area contributed by atoms with Crippen molar-refractivity contribution in [3.05, 3.63) is 0 Å². The van der Waals surface area contributed by atoms with Gasteiger partial charge < -0.3 is 10.6 Å². The Hall–Kier alpha value is 0.0700. The number of nitrogens with two attached hydrogens (primary N) is 1. The van der Waals surface area contributed by atoms with Gasteiger partial charge in [-0.25, -0.2) is 0 Å². The normalized spacial score (nSPS) is 26.3. The minimum atomic E-state index is -0.559. The zero-order valence-corrected chi connectivity index (χ0v) is 13.0. The average molecular weight is 293 g/mol. The van der Waals surface area contributed by atoms with Gasteiger partial charge in [-0.3, -0.25) is 4.79 Å². The average Bonchev–Trinajstić information content (AvgIpc) is 2.27. The first kappa shape index (κ1) is 16.1. The van der Waals surface area contributed by atoms with Crippen molar-refractivity contribution in [1.29, 1.82) is 0 Å². The SMILES string of the molecule is CC1(C)CN(C(=O)C2(N)CCCCC2)CCS1.Cl. The fourth-order valence-electron chi connectivity index (χ4n) is 2.90. The summed E-state index contributed by atoms with van der Waals surface area (Å²) >= 11 is 1.95. The maximum absolute atomic E-state index is 12.6. The fraction of sp³-hybridized carbons (Fsp3) is 0.923. The predicted octanol–water partition coefficient (Wildman–Crippen LogP) is 2.42. The molecule has 3 nitrogen and oxygen atoms in total. The first-order valence-corrected chi connectivity index (χ1v) is 7.64. The highest BCUT2D eigenvalue weighted by Gasteiger charge is 2.41. The highest BCUT2D eigenvalue weighted by Crippen LogP contribution is 2.33. The number of thioether (sulfide) groups is 1. The zero-order chi connectivity index (χ0) is 12.5. The van der Waals surface area contributed by atoms with E-state index in [1.54, 1.807) is 0 Å². The van der Waals surface area contributed by atoms with Gasteiger partial charge in [-0.2, -0.15) is 11.8 Å². The van der Waals surface area contributed by atoms with Crippen LogP contribution in [0.15, 0.2) is 0 Å². The van der Waals surface area contributed by atoms with Gasteiger partial charge in [0, 0.05) is 23.6 Å². The molecule has 5 heteroatoms. The number of carbonyl (C=O) groups is 1. The summed E-state index contributed by atoms with van der Waals surface area (Å²) in [4.78, 5) is 14.6. The van der Waals surface area contributed by atoms with Crippen LogP contribution in [-0.4, -0.2) is 39.9 Å². The van der Waals surface area contributed by atoms with E-state index in [2.05, 4.69) is 13.8 Å². The van der Waals surface area contributed by atoms with Gasteiger partial charge in [-0.05, 0) is 26.7 Å². The third-order valence-electron chi connectivity index (χ3n) is 3.88. The lowest BCUT2D eigenvalue weighted by Crippen LogP contribution is -2.59. The van der Waals surface area contributed by atoms with Crippen molar-refractivity contribution in [3.63, 3.8) is 0 Å². The van der Waals surface area contributed by atoms with E-state index in [9.17, 15) is 4.79 Å². The van der Waals surface area contributed by atoms with Crippen molar-refractivity contribution in [3.8, 4) is 0 Å². The Morgan fingerprint density at radius 2 is 1.83 bits per heavy atom. The highest BCUT2D eigenvalue weighted by atomic mass is 35.5. The van der Waals surface area contributed by atoms with Gasteiger partial charge in [0.25, 0.3) is 0 Å². The Balaban J connectivity index is 0.00000162. The molecule has 0 aromatic heterocycles. The van der Waals surface area contributed by atoms with Gasteiger partial charge in [-0.15, -0.1) is 12.4 Å². The largest absolute Gasteiger partial charge is 0.339 e. The van der Waals surface area contributed by atoms with E-state index in [1.165, 1.54) is 6.42 Å². The summed E-state index contributed by atoms with van der Waals surface area (Å²) in [6, 6.07) is 0. The molecule has 2 rings (SSSR count). The molecule has 1 heterocycles. The minimum absolute atomic E-state index is 0. The molecule has 1 saturated heterocycles. The number of nitrogens with zero attached hydrogens (tertiary/aromatic N) is 1. The highest BCUT2D eigenvalue weighted by molar-refractivity contribution is 8.00. The van der Waals surface area contributed by atoms with E-state index in [-0.39, 0.29) is 23.1 Å². The maximum Gasteiger partial charge on any atom is 0.242 e. The van der Waals surface area contributed by atoms with Crippen LogP contribution in [0.2, 0.25) is 0 Å². The van der Waals surface area contributed by atoms with Crippen LogP contribution < -0.4 is 5.73 Å². The summed E-state index contributed by atoms with van der Waals surface area (Å²) in [5.74, 6) is 1.24. The van der Waals surface area contributed by atoms with Crippen molar-refractivity contribution >= 4 is 30.1 Å². The summed E-state index contributed by atoms with van der Waals surface area (Å²) in [6.07, 6.45) is 5.18. The Bertz CT molecular complexity index is 303. The smallest absolute Gasteiger partial charge is 0.242 e. The van der Waals surface area contributed by atoms with E-state index in [0.29, 0.717) is 0 Å². The van der Waals surface area contributed by atoms with Crippen LogP contribution in [0.4, 0.5) is 0 Å². The predicted molar refractivity (Wildman–Crippen MR) is 80.4 cm³/mol. The Labute approximate surface area is 121 Å². The summed E-state index contributed by atoms with van der Waals surface area (Å²) in [5, 5.41) is 0. The number of halogens is 1. The van der Waals surface area contributed by atoms with Crippen LogP contribution in [0.5, 0.6) is 0 Å². The first-order valence-electron chi connectivity index (χ1n) is 6.65. The second kappa shape index (κ2) is 6.02. The number of rotatable bonds is 1. The number of carbonyl (C=O) groups excluding carboxylic acids is 1. The molecule has 0 bridgehead atoms. The van der Waals surface area contributed by atoms with E-state index in [0.717, 1.165) is 44.5 Å². The van der Waals surface area contributed by atoms with Crippen LogP contribution in [0, 0.1) is 0 Å². The molecule has 0 aromatic rings. The Morgan fingerprint density at radius 3 is 2.39 bits per heavy atom. The molecule has 1 aliphatic heterocycles. The van der Waals surface area contributed by atoms with E-state index in [1.807, 2.05) is 16.7 Å². The molecule has 1 aliphatic carbocycles. The van der Waals surface area contributed by atoms with Crippen molar-refractivity contribution in [2.45, 2.75) is 56.2 Å². The van der Waals surface area contributed by atoms with Crippen molar-refractivity contribution < 1.29 is 4.79 Å². The standard InChI is InChI=1S/C13H24N2OS.ClH/c1-12(2)10-15(8-9-17-12)11(16)13(14)6-4-3-5-7-13;/h3-10,14H2,1-2H3;1H. The third kappa shape index (κ3) is 3.55. The molecule has 2 N–H and O–H groups in total. The number of hydrogen-bond donors (Lipinski definition) is 1. The molecule has 0 atom stereocenters. The molecule has 2 aliphatic rings. The van der Waals surface area contributed by atoms with Gasteiger partial charge in [0.1, 0.15) is 0 Å². The van der Waals surface area contributed by atoms with Gasteiger partial charge in [0.2, 0.25) is 5.91 Å². The van der Waals surface area contributed by atoms with Crippen LogP contribution in [0.25, 0.3) is 0 Å². The van der Waals surface area contributed by atoms with Crippen molar-refractivity contribution in [2.24, 2.45) is 5.73 Å². The van der Waals surface area contributed by atoms with Gasteiger partial charge in [0.05, 0.1) is 5.54 Å². The lowest BCUT2D eigenvalue weighted by molar-refractivity contribution is -0.138. The van der Waals surface area contributed by atoms with Gasteiger partial charge in [-0.1, -0.05) is 19.3 Å². The topological polar surface area (TPSA) is 46.3 Å². The van der Waals surface area contributed by atoms with Crippen molar-refractivity contribution in [2.75, 3.05) is 18.8 Å². The van der Waals surface area contributed by atoms with Crippen LogP contribution >= 0.6 is 24.2 Å². The number of amides is 1. The van der Waals surface area contributed by atoms with Crippen LogP contribution in [0.1, 0.15) is 46.0 Å². The van der Waals surface area contributed by atoms with Gasteiger partial charge >= 0.3 is 0 Å². The second-order valence-electron chi connectivity index (χ2n) is 6.05. The molecule has 0 radical (unpaired) electrons. The molecule has 2 fully saturated rings. The first-order chi connectivity index (χ1) is 7.93. The lowest BCUT2D eigenvalue weighted by atomic mass is 9.81. The van der Waals surface area contributed by atoms with E-state index < -0.39 is 5.54 Å². The molecule has 0 aromatic carbocycles. The Morgan fingerprint density at radius 1 is 1.22 bits per heavy atom. The second-order valence-corrected chi connectivity index (χ2v) is 7.85. The van der Waals surface area contributed by atoms with Gasteiger partial charge in [0.15, 0.2) is 0 Å². The summed E-state index contributed by atoms with van der Waals surface area (Å²) in [5.41, 5.74) is 5.76. The van der Waals surface area contributed by atoms with Crippen molar-refractivity contribution in [1.82, 2.24) is 4.90 Å². The van der Waals surface area contributed by atoms with E-state index >= 15 is 0 Å². The molecule has 1 amide bonds. The van der Waals surface area contributed by atoms with Crippen LogP contribution in [-0.2, 0) is 4.79 Å². The monoisotopic (exact) mass is 292 g/mol. The minimum Gasteiger partial charge on any atom is -0.339 e. The summed E-state index contributed by atoms with van der Waals surface area (Å²) in [6.45, 7) is 6.13. The lowest BCUT2D eigenvalue weighted by Gasteiger charge is -2.42. The maximum atomic E-state index is 12.6. The summed E-state index contributed by atoms with van der Waals surface area (Å²) in [7, 11) is 0. The third-order valence-corrected chi connectivity index (χ3v) is 5.18. The molecular weight excluding hydrogens is 268 g/mol. The molecule has 1 saturated carbocycles. The zero-order valence-electron chi connectivity index (χ0n) is 11.4. The van der Waals surface area contributed by atoms with E-state index in [4.69, 9.17) is 5.73 Å². The Kier molecular flexibility index (Phi) is 5.39. The molecule has 0 unspecified atom stereocenters. The summed E-state index contributed by atoms with van der Waals surface area (Å²) < 4.78 is 0.180. The molecule has 18 heavy (non-hydrogen) atoms.